The summed E-state index contributed by atoms with van der Waals surface area (Å²) in [6.45, 7) is -0.680. The normalized spacial score (nSPS) is 13.9. The van der Waals surface area contributed by atoms with Crippen molar-refractivity contribution in [2.75, 3.05) is 19.8 Å². The molecule has 0 heterocycles. The minimum absolute atomic E-state index is 0.00105. The summed E-state index contributed by atoms with van der Waals surface area (Å²) in [5, 5.41) is 9.40. The Labute approximate surface area is 179 Å². The fraction of sp³-hybridized carbons (Fsp3) is 0.429. The Morgan fingerprint density at radius 3 is 2.48 bits per heavy atom. The summed E-state index contributed by atoms with van der Waals surface area (Å²) >= 11 is 0. The Kier molecular flexibility index (Phi) is 9.37. The Balaban J connectivity index is 2.02. The zero-order chi connectivity index (χ0) is 22.9. The van der Waals surface area contributed by atoms with E-state index in [1.54, 1.807) is 18.2 Å². The van der Waals surface area contributed by atoms with E-state index in [1.807, 2.05) is 0 Å². The molecule has 0 aliphatic carbocycles. The lowest BCUT2D eigenvalue weighted by Crippen LogP contribution is -2.47. The average molecular weight is 461 g/mol. The first kappa shape index (κ1) is 25.2. The number of hydrogen-bond donors (Lipinski definition) is 2. The summed E-state index contributed by atoms with van der Waals surface area (Å²) in [6.07, 6.45) is -3.66. The Bertz CT molecular complexity index is 866. The molecule has 5 nitrogen and oxygen atoms in total. The Morgan fingerprint density at radius 2 is 1.84 bits per heavy atom. The maximum absolute atomic E-state index is 13.6. The van der Waals surface area contributed by atoms with Crippen LogP contribution in [0.4, 0.5) is 17.6 Å². The smallest absolute Gasteiger partial charge is 0.419 e. The first-order valence-corrected chi connectivity index (χ1v) is 10.3. The van der Waals surface area contributed by atoms with Gasteiger partial charge in [-0.15, -0.1) is 0 Å². The number of rotatable bonds is 12. The number of hydrogen-bond acceptors (Lipinski definition) is 5. The van der Waals surface area contributed by atoms with Gasteiger partial charge < -0.3 is 15.6 Å². The number of benzene rings is 2. The summed E-state index contributed by atoms with van der Waals surface area (Å²) in [4.78, 5) is 0. The van der Waals surface area contributed by atoms with Gasteiger partial charge in [0.2, 0.25) is 0 Å². The molecule has 3 N–H and O–H groups in total. The molecule has 0 fully saturated rings. The molecule has 2 rings (SSSR count). The molecule has 2 aromatic rings. The van der Waals surface area contributed by atoms with E-state index in [2.05, 4.69) is 4.52 Å². The van der Waals surface area contributed by atoms with Crippen LogP contribution in [0.5, 0.6) is 5.75 Å². The third kappa shape index (κ3) is 7.85. The van der Waals surface area contributed by atoms with E-state index in [9.17, 15) is 27.2 Å². The minimum Gasteiger partial charge on any atom is -0.493 e. The summed E-state index contributed by atoms with van der Waals surface area (Å²) in [6, 6.07) is 9.93. The van der Waals surface area contributed by atoms with Gasteiger partial charge >= 0.3 is 14.9 Å². The summed E-state index contributed by atoms with van der Waals surface area (Å²) in [5.74, 6) is -0.665. The molecule has 1 unspecified atom stereocenters. The molecule has 2 aromatic carbocycles. The number of aliphatic hydroxyl groups excluding tert-OH is 1. The van der Waals surface area contributed by atoms with Crippen LogP contribution < -0.4 is 10.5 Å². The van der Waals surface area contributed by atoms with Crippen LogP contribution in [0.3, 0.4) is 0 Å². The average Bonchev–Trinajstić information content (AvgIpc) is 2.74. The van der Waals surface area contributed by atoms with Gasteiger partial charge in [0, 0.05) is 0 Å². The largest absolute Gasteiger partial charge is 0.493 e. The van der Waals surface area contributed by atoms with Crippen LogP contribution in [-0.2, 0) is 28.1 Å². The lowest BCUT2D eigenvalue weighted by molar-refractivity contribution is -0.139. The number of aliphatic hydroxyl groups is 1. The fourth-order valence-corrected chi connectivity index (χ4v) is 3.28. The Hall–Kier alpha value is -2.06. The third-order valence-electron chi connectivity index (χ3n) is 4.79. The highest BCUT2D eigenvalue weighted by atomic mass is 31.1. The second kappa shape index (κ2) is 11.5. The summed E-state index contributed by atoms with van der Waals surface area (Å²) in [7, 11) is -0.595. The first-order valence-electron chi connectivity index (χ1n) is 9.59. The van der Waals surface area contributed by atoms with Crippen molar-refractivity contribution in [3.8, 4) is 5.75 Å². The lowest BCUT2D eigenvalue weighted by Gasteiger charge is -2.25. The van der Waals surface area contributed by atoms with Crippen molar-refractivity contribution >= 4 is 8.69 Å². The highest BCUT2D eigenvalue weighted by Gasteiger charge is 2.35. The molecule has 10 heteroatoms. The van der Waals surface area contributed by atoms with Crippen LogP contribution in [0.25, 0.3) is 0 Å². The highest BCUT2D eigenvalue weighted by Crippen LogP contribution is 2.37. The van der Waals surface area contributed by atoms with E-state index in [0.29, 0.717) is 24.0 Å². The number of aryl methyl sites for hydroxylation is 2. The van der Waals surface area contributed by atoms with Gasteiger partial charge in [0.15, 0.2) is 0 Å². The van der Waals surface area contributed by atoms with Gasteiger partial charge in [0.1, 0.15) is 11.6 Å². The number of alkyl halides is 3. The van der Waals surface area contributed by atoms with Crippen LogP contribution in [0.15, 0.2) is 42.5 Å². The minimum atomic E-state index is -4.63. The second-order valence-electron chi connectivity index (χ2n) is 7.24. The molecule has 0 radical (unpaired) electrons. The monoisotopic (exact) mass is 461 g/mol. The maximum atomic E-state index is 13.6. The number of halogens is 4. The molecule has 0 aliphatic heterocycles. The highest BCUT2D eigenvalue weighted by molar-refractivity contribution is 7.17. The zero-order valence-electron chi connectivity index (χ0n) is 16.7. The van der Waals surface area contributed by atoms with Crippen molar-refractivity contribution in [3.05, 3.63) is 65.0 Å². The van der Waals surface area contributed by atoms with E-state index < -0.39 is 32.6 Å². The molecule has 0 saturated carbocycles. The SMILES string of the molecule is NC(CO)(CCc1ccc(OCCCc2ccccc2F)c(C(F)(F)F)c1)COP=O. The summed E-state index contributed by atoms with van der Waals surface area (Å²) < 4.78 is 74.6. The molecular formula is C21H24F4NO4P. The van der Waals surface area contributed by atoms with Gasteiger partial charge in [0.25, 0.3) is 0 Å². The molecule has 0 aromatic heterocycles. The van der Waals surface area contributed by atoms with Crippen LogP contribution in [0, 0.1) is 5.82 Å². The molecule has 0 amide bonds. The molecule has 31 heavy (non-hydrogen) atoms. The van der Waals surface area contributed by atoms with Gasteiger partial charge in [-0.1, -0.05) is 24.3 Å². The van der Waals surface area contributed by atoms with E-state index in [4.69, 9.17) is 10.5 Å². The van der Waals surface area contributed by atoms with E-state index >= 15 is 0 Å². The van der Waals surface area contributed by atoms with Gasteiger partial charge in [-0.05, 0) is 55.0 Å². The zero-order valence-corrected chi connectivity index (χ0v) is 17.6. The lowest BCUT2D eigenvalue weighted by atomic mass is 9.93. The topological polar surface area (TPSA) is 81.8 Å². The molecule has 170 valence electrons. The molecule has 0 bridgehead atoms. The molecule has 0 aliphatic rings. The maximum Gasteiger partial charge on any atom is 0.419 e. The van der Waals surface area contributed by atoms with Crippen molar-refractivity contribution < 1.29 is 36.5 Å². The van der Waals surface area contributed by atoms with E-state index in [1.165, 1.54) is 18.2 Å². The Morgan fingerprint density at radius 1 is 1.10 bits per heavy atom. The van der Waals surface area contributed by atoms with Gasteiger partial charge in [-0.3, -0.25) is 4.52 Å². The van der Waals surface area contributed by atoms with Crippen LogP contribution in [0.2, 0.25) is 0 Å². The van der Waals surface area contributed by atoms with Crippen molar-refractivity contribution in [1.29, 1.82) is 0 Å². The predicted molar refractivity (Wildman–Crippen MR) is 108 cm³/mol. The standard InChI is InChI=1S/C21H24F4NO4P/c22-18-6-2-1-4-16(18)5-3-11-29-19-8-7-15(12-17(19)21(23,24)25)9-10-20(26,13-27)14-30-31-28/h1-2,4,6-8,12,27H,3,5,9-11,13-14,26H2. The quantitative estimate of drug-likeness (QED) is 0.272. The molecular weight excluding hydrogens is 437 g/mol. The van der Waals surface area contributed by atoms with Crippen LogP contribution >= 0.6 is 8.69 Å². The van der Waals surface area contributed by atoms with E-state index in [-0.39, 0.29) is 37.6 Å². The number of nitrogens with two attached hydrogens (primary N) is 1. The third-order valence-corrected chi connectivity index (χ3v) is 5.02. The van der Waals surface area contributed by atoms with Gasteiger partial charge in [0.05, 0.1) is 30.9 Å². The van der Waals surface area contributed by atoms with E-state index in [0.717, 1.165) is 6.07 Å². The predicted octanol–water partition coefficient (Wildman–Crippen LogP) is 4.70. The van der Waals surface area contributed by atoms with Crippen LogP contribution in [-0.4, -0.2) is 30.5 Å². The first-order chi connectivity index (χ1) is 14.7. The van der Waals surface area contributed by atoms with Crippen LogP contribution in [0.1, 0.15) is 29.5 Å². The molecule has 0 spiro atoms. The molecule has 1 atom stereocenters. The van der Waals surface area contributed by atoms with Crippen molar-refractivity contribution in [2.45, 2.75) is 37.4 Å². The van der Waals surface area contributed by atoms with Crippen molar-refractivity contribution in [2.24, 2.45) is 5.73 Å². The summed E-state index contributed by atoms with van der Waals surface area (Å²) in [5.41, 5.74) is 4.62. The van der Waals surface area contributed by atoms with Crippen molar-refractivity contribution in [1.82, 2.24) is 0 Å². The second-order valence-corrected chi connectivity index (χ2v) is 7.65. The van der Waals surface area contributed by atoms with Crippen molar-refractivity contribution in [3.63, 3.8) is 0 Å². The molecule has 0 saturated heterocycles. The fourth-order valence-electron chi connectivity index (χ4n) is 2.97. The van der Waals surface area contributed by atoms with Gasteiger partial charge in [-0.25, -0.2) is 8.96 Å². The van der Waals surface area contributed by atoms with Gasteiger partial charge in [-0.2, -0.15) is 13.2 Å². The number of ether oxygens (including phenoxy) is 1.